The van der Waals surface area contributed by atoms with E-state index in [-0.39, 0.29) is 24.7 Å². The minimum absolute atomic E-state index is 0.0967. The number of para-hydroxylation sites is 1. The number of hydrazone groups is 1. The summed E-state index contributed by atoms with van der Waals surface area (Å²) in [7, 11) is 0. The summed E-state index contributed by atoms with van der Waals surface area (Å²) in [5.74, 6) is -0.479. The second-order valence-corrected chi connectivity index (χ2v) is 5.62. The van der Waals surface area contributed by atoms with Gasteiger partial charge in [-0.2, -0.15) is 5.10 Å². The summed E-state index contributed by atoms with van der Waals surface area (Å²) in [5.41, 5.74) is 4.26. The Morgan fingerprint density at radius 1 is 1.14 bits per heavy atom. The molecule has 0 aliphatic heterocycles. The number of nitrogens with one attached hydrogen (secondary N) is 2. The second kappa shape index (κ2) is 8.09. The average molecular weight is 315 g/mol. The molecule has 0 saturated heterocycles. The van der Waals surface area contributed by atoms with Gasteiger partial charge in [-0.1, -0.05) is 18.2 Å². The SMILES string of the molecule is Cc1ccsc1C=NNC(=O)CCC(=O)Nc1ccccc1. The molecule has 1 aromatic carbocycles. The molecule has 0 unspecified atom stereocenters. The lowest BCUT2D eigenvalue weighted by atomic mass is 10.2. The summed E-state index contributed by atoms with van der Waals surface area (Å²) in [4.78, 5) is 24.3. The van der Waals surface area contributed by atoms with Crippen molar-refractivity contribution in [1.82, 2.24) is 5.43 Å². The maximum atomic E-state index is 11.7. The van der Waals surface area contributed by atoms with Crippen molar-refractivity contribution in [3.8, 4) is 0 Å². The van der Waals surface area contributed by atoms with Crippen LogP contribution in [0.3, 0.4) is 0 Å². The van der Waals surface area contributed by atoms with Gasteiger partial charge < -0.3 is 5.32 Å². The first kappa shape index (κ1) is 15.9. The Labute approximate surface area is 133 Å². The molecule has 0 fully saturated rings. The molecule has 22 heavy (non-hydrogen) atoms. The average Bonchev–Trinajstić information content (AvgIpc) is 2.92. The van der Waals surface area contributed by atoms with E-state index in [2.05, 4.69) is 15.8 Å². The lowest BCUT2D eigenvalue weighted by Crippen LogP contribution is -2.20. The minimum atomic E-state index is -0.284. The van der Waals surface area contributed by atoms with E-state index in [0.29, 0.717) is 0 Å². The predicted octanol–water partition coefficient (Wildman–Crippen LogP) is 2.93. The number of hydrogen-bond donors (Lipinski definition) is 2. The van der Waals surface area contributed by atoms with E-state index in [0.717, 1.165) is 16.1 Å². The van der Waals surface area contributed by atoms with Gasteiger partial charge in [0.1, 0.15) is 0 Å². The summed E-state index contributed by atoms with van der Waals surface area (Å²) in [5, 5.41) is 8.58. The number of hydrogen-bond acceptors (Lipinski definition) is 4. The Balaban J connectivity index is 1.70. The number of amides is 2. The van der Waals surface area contributed by atoms with Gasteiger partial charge in [0.15, 0.2) is 0 Å². The Morgan fingerprint density at radius 3 is 2.55 bits per heavy atom. The summed E-state index contributed by atoms with van der Waals surface area (Å²) < 4.78 is 0. The molecule has 2 N–H and O–H groups in total. The lowest BCUT2D eigenvalue weighted by molar-refractivity contribution is -0.124. The van der Waals surface area contributed by atoms with E-state index in [4.69, 9.17) is 0 Å². The number of anilines is 1. The molecule has 5 nitrogen and oxygen atoms in total. The quantitative estimate of drug-likeness (QED) is 0.635. The highest BCUT2D eigenvalue weighted by Crippen LogP contribution is 2.12. The maximum absolute atomic E-state index is 11.7. The third-order valence-electron chi connectivity index (χ3n) is 2.91. The molecule has 1 heterocycles. The summed E-state index contributed by atoms with van der Waals surface area (Å²) in [6.45, 7) is 1.98. The van der Waals surface area contributed by atoms with Crippen molar-refractivity contribution >= 4 is 35.1 Å². The Morgan fingerprint density at radius 2 is 1.86 bits per heavy atom. The third kappa shape index (κ3) is 5.14. The van der Waals surface area contributed by atoms with Crippen molar-refractivity contribution in [2.45, 2.75) is 19.8 Å². The molecular formula is C16H17N3O2S. The van der Waals surface area contributed by atoms with Gasteiger partial charge in [0, 0.05) is 23.4 Å². The van der Waals surface area contributed by atoms with Crippen molar-refractivity contribution in [3.63, 3.8) is 0 Å². The molecule has 0 aliphatic carbocycles. The molecule has 0 saturated carbocycles. The molecule has 114 valence electrons. The lowest BCUT2D eigenvalue weighted by Gasteiger charge is -2.04. The van der Waals surface area contributed by atoms with Gasteiger partial charge in [0.25, 0.3) is 0 Å². The molecular weight excluding hydrogens is 298 g/mol. The Hall–Kier alpha value is -2.47. The molecule has 0 spiro atoms. The summed E-state index contributed by atoms with van der Waals surface area (Å²) in [6.07, 6.45) is 1.83. The van der Waals surface area contributed by atoms with E-state index in [1.807, 2.05) is 36.6 Å². The molecule has 6 heteroatoms. The van der Waals surface area contributed by atoms with Crippen LogP contribution in [0.5, 0.6) is 0 Å². The number of nitrogens with zero attached hydrogens (tertiary/aromatic N) is 1. The standard InChI is InChI=1S/C16H17N3O2S/c1-12-9-10-22-14(12)11-17-19-16(21)8-7-15(20)18-13-5-3-2-4-6-13/h2-6,9-11H,7-8H2,1H3,(H,18,20)(H,19,21). The van der Waals surface area contributed by atoms with E-state index in [1.54, 1.807) is 29.7 Å². The first-order valence-corrected chi connectivity index (χ1v) is 7.74. The van der Waals surface area contributed by atoms with Crippen molar-refractivity contribution in [3.05, 3.63) is 52.2 Å². The van der Waals surface area contributed by atoms with Crippen LogP contribution in [0.25, 0.3) is 0 Å². The van der Waals surface area contributed by atoms with Gasteiger partial charge in [-0.25, -0.2) is 5.43 Å². The number of benzene rings is 1. The fraction of sp³-hybridized carbons (Fsp3) is 0.188. The third-order valence-corrected chi connectivity index (χ3v) is 3.86. The molecule has 2 aromatic rings. The fourth-order valence-corrected chi connectivity index (χ4v) is 2.49. The van der Waals surface area contributed by atoms with Crippen molar-refractivity contribution in [2.24, 2.45) is 5.10 Å². The van der Waals surface area contributed by atoms with Crippen molar-refractivity contribution in [1.29, 1.82) is 0 Å². The first-order valence-electron chi connectivity index (χ1n) is 6.86. The highest BCUT2D eigenvalue weighted by atomic mass is 32.1. The zero-order valence-electron chi connectivity index (χ0n) is 12.2. The van der Waals surface area contributed by atoms with Gasteiger partial charge in [-0.15, -0.1) is 11.3 Å². The van der Waals surface area contributed by atoms with Gasteiger partial charge in [0.05, 0.1) is 6.21 Å². The fourth-order valence-electron chi connectivity index (χ4n) is 1.71. The Kier molecular flexibility index (Phi) is 5.85. The number of aryl methyl sites for hydroxylation is 1. The van der Waals surface area contributed by atoms with E-state index >= 15 is 0 Å². The van der Waals surface area contributed by atoms with Gasteiger partial charge in [-0.05, 0) is 36.1 Å². The number of thiophene rings is 1. The monoisotopic (exact) mass is 315 g/mol. The molecule has 0 bridgehead atoms. The van der Waals surface area contributed by atoms with Crippen LogP contribution < -0.4 is 10.7 Å². The smallest absolute Gasteiger partial charge is 0.240 e. The van der Waals surface area contributed by atoms with Crippen LogP contribution in [-0.4, -0.2) is 18.0 Å². The zero-order chi connectivity index (χ0) is 15.8. The summed E-state index contributed by atoms with van der Waals surface area (Å²) >= 11 is 1.56. The van der Waals surface area contributed by atoms with E-state index in [1.165, 1.54) is 0 Å². The van der Waals surface area contributed by atoms with Crippen LogP contribution in [0.2, 0.25) is 0 Å². The van der Waals surface area contributed by atoms with E-state index in [9.17, 15) is 9.59 Å². The number of carbonyl (C=O) groups is 2. The predicted molar refractivity (Wildman–Crippen MR) is 89.1 cm³/mol. The van der Waals surface area contributed by atoms with Crippen LogP contribution in [0, 0.1) is 6.92 Å². The second-order valence-electron chi connectivity index (χ2n) is 4.68. The van der Waals surface area contributed by atoms with Crippen LogP contribution in [0.15, 0.2) is 46.9 Å². The molecule has 0 atom stereocenters. The normalized spacial score (nSPS) is 10.6. The highest BCUT2D eigenvalue weighted by Gasteiger charge is 2.06. The molecule has 2 rings (SSSR count). The molecule has 0 aliphatic rings. The number of carbonyl (C=O) groups excluding carboxylic acids is 2. The van der Waals surface area contributed by atoms with Gasteiger partial charge in [-0.3, -0.25) is 9.59 Å². The highest BCUT2D eigenvalue weighted by molar-refractivity contribution is 7.11. The number of rotatable bonds is 6. The summed E-state index contributed by atoms with van der Waals surface area (Å²) in [6, 6.07) is 11.1. The van der Waals surface area contributed by atoms with Gasteiger partial charge in [0.2, 0.25) is 11.8 Å². The zero-order valence-corrected chi connectivity index (χ0v) is 13.0. The molecule has 0 radical (unpaired) electrons. The maximum Gasteiger partial charge on any atom is 0.240 e. The molecule has 2 amide bonds. The van der Waals surface area contributed by atoms with Crippen LogP contribution in [-0.2, 0) is 9.59 Å². The van der Waals surface area contributed by atoms with Crippen LogP contribution in [0.1, 0.15) is 23.3 Å². The first-order chi connectivity index (χ1) is 10.6. The van der Waals surface area contributed by atoms with Crippen LogP contribution in [0.4, 0.5) is 5.69 Å². The Bertz CT molecular complexity index is 665. The van der Waals surface area contributed by atoms with Crippen molar-refractivity contribution < 1.29 is 9.59 Å². The largest absolute Gasteiger partial charge is 0.326 e. The van der Waals surface area contributed by atoms with E-state index < -0.39 is 0 Å². The van der Waals surface area contributed by atoms with Crippen LogP contribution >= 0.6 is 11.3 Å². The minimum Gasteiger partial charge on any atom is -0.326 e. The topological polar surface area (TPSA) is 70.6 Å². The molecule has 1 aromatic heterocycles. The van der Waals surface area contributed by atoms with Gasteiger partial charge >= 0.3 is 0 Å². The van der Waals surface area contributed by atoms with Crippen molar-refractivity contribution in [2.75, 3.05) is 5.32 Å².